The quantitative estimate of drug-likeness (QED) is 0.783. The molecular formula is C12H9ClN4OS. The Morgan fingerprint density at radius 3 is 2.95 bits per heavy atom. The van der Waals surface area contributed by atoms with Crippen LogP contribution in [-0.4, -0.2) is 15.1 Å². The number of nitrogen functional groups attached to an aromatic ring is 1. The number of hydrogen-bond donors (Lipinski definition) is 1. The number of halogens is 1. The van der Waals surface area contributed by atoms with Crippen molar-refractivity contribution < 1.29 is 4.52 Å². The van der Waals surface area contributed by atoms with Crippen LogP contribution >= 0.6 is 22.9 Å². The summed E-state index contributed by atoms with van der Waals surface area (Å²) >= 11 is 7.51. The zero-order valence-electron chi connectivity index (χ0n) is 9.92. The van der Waals surface area contributed by atoms with Gasteiger partial charge in [-0.3, -0.25) is 4.98 Å². The van der Waals surface area contributed by atoms with E-state index in [1.807, 2.05) is 12.3 Å². The van der Waals surface area contributed by atoms with Crippen molar-refractivity contribution in [3.8, 4) is 22.3 Å². The predicted octanol–water partition coefficient (Wildman–Crippen LogP) is 3.40. The lowest BCUT2D eigenvalue weighted by molar-refractivity contribution is 0.433. The molecule has 0 atom stereocenters. The van der Waals surface area contributed by atoms with Gasteiger partial charge in [0.15, 0.2) is 0 Å². The number of anilines is 1. The van der Waals surface area contributed by atoms with E-state index >= 15 is 0 Å². The molecule has 0 unspecified atom stereocenters. The van der Waals surface area contributed by atoms with Crippen LogP contribution in [0.3, 0.4) is 0 Å². The van der Waals surface area contributed by atoms with Crippen molar-refractivity contribution in [2.45, 2.75) is 6.92 Å². The molecule has 0 saturated carbocycles. The Balaban J connectivity index is 2.05. The normalized spacial score (nSPS) is 10.8. The topological polar surface area (TPSA) is 77.8 Å². The van der Waals surface area contributed by atoms with Gasteiger partial charge in [-0.2, -0.15) is 4.98 Å². The Morgan fingerprint density at radius 2 is 2.26 bits per heavy atom. The van der Waals surface area contributed by atoms with Gasteiger partial charge in [0.25, 0.3) is 5.89 Å². The van der Waals surface area contributed by atoms with Crippen LogP contribution in [0.25, 0.3) is 22.3 Å². The van der Waals surface area contributed by atoms with Crippen molar-refractivity contribution in [3.63, 3.8) is 0 Å². The molecule has 96 valence electrons. The summed E-state index contributed by atoms with van der Waals surface area (Å²) in [5.74, 6) is 0.735. The van der Waals surface area contributed by atoms with Gasteiger partial charge in [0.2, 0.25) is 5.82 Å². The first-order valence-electron chi connectivity index (χ1n) is 5.45. The Labute approximate surface area is 118 Å². The van der Waals surface area contributed by atoms with Crippen molar-refractivity contribution in [2.75, 3.05) is 5.73 Å². The minimum atomic E-state index is 0.353. The second-order valence-electron chi connectivity index (χ2n) is 3.92. The Kier molecular flexibility index (Phi) is 2.96. The molecule has 0 aliphatic heterocycles. The van der Waals surface area contributed by atoms with Gasteiger partial charge in [-0.15, -0.1) is 11.3 Å². The number of nitrogens with two attached hydrogens (primary N) is 1. The molecule has 7 heteroatoms. The van der Waals surface area contributed by atoms with E-state index < -0.39 is 0 Å². The van der Waals surface area contributed by atoms with Crippen molar-refractivity contribution in [1.29, 1.82) is 0 Å². The molecule has 0 aliphatic rings. The van der Waals surface area contributed by atoms with Gasteiger partial charge in [0, 0.05) is 6.20 Å². The summed E-state index contributed by atoms with van der Waals surface area (Å²) in [4.78, 5) is 9.20. The Morgan fingerprint density at radius 1 is 1.42 bits per heavy atom. The van der Waals surface area contributed by atoms with E-state index in [1.54, 1.807) is 18.3 Å². The highest BCUT2D eigenvalue weighted by molar-refractivity contribution is 7.14. The standard InChI is InChI=1S/C12H9ClN4OS/c1-6-5-19-10(8(6)14)12-16-11(17-18-12)9-7(13)3-2-4-15-9/h2-5H,14H2,1H3. The van der Waals surface area contributed by atoms with E-state index in [9.17, 15) is 0 Å². The third-order valence-electron chi connectivity index (χ3n) is 2.61. The molecule has 3 rings (SSSR count). The van der Waals surface area contributed by atoms with Crippen LogP contribution in [0, 0.1) is 6.92 Å². The molecule has 0 saturated heterocycles. The van der Waals surface area contributed by atoms with Crippen molar-refractivity contribution in [2.24, 2.45) is 0 Å². The Hall–Kier alpha value is -1.92. The molecule has 0 spiro atoms. The van der Waals surface area contributed by atoms with Crippen LogP contribution in [0.1, 0.15) is 5.56 Å². The monoisotopic (exact) mass is 292 g/mol. The second-order valence-corrected chi connectivity index (χ2v) is 5.21. The Bertz CT molecular complexity index is 737. The molecule has 0 radical (unpaired) electrons. The fourth-order valence-electron chi connectivity index (χ4n) is 1.58. The predicted molar refractivity (Wildman–Crippen MR) is 75.0 cm³/mol. The van der Waals surface area contributed by atoms with E-state index in [1.165, 1.54) is 11.3 Å². The average molecular weight is 293 g/mol. The maximum absolute atomic E-state index is 6.04. The van der Waals surface area contributed by atoms with Crippen LogP contribution in [0.5, 0.6) is 0 Å². The van der Waals surface area contributed by atoms with Crippen molar-refractivity contribution in [3.05, 3.63) is 34.3 Å². The SMILES string of the molecule is Cc1csc(-c2nc(-c3ncccc3Cl)no2)c1N. The van der Waals surface area contributed by atoms with Gasteiger partial charge in [0.1, 0.15) is 10.6 Å². The lowest BCUT2D eigenvalue weighted by Gasteiger charge is -1.95. The lowest BCUT2D eigenvalue weighted by atomic mass is 10.3. The molecule has 0 amide bonds. The summed E-state index contributed by atoms with van der Waals surface area (Å²) in [5, 5.41) is 6.32. The molecular weight excluding hydrogens is 284 g/mol. The third kappa shape index (κ3) is 2.09. The largest absolute Gasteiger partial charge is 0.397 e. The molecule has 3 aromatic rings. The maximum atomic E-state index is 6.04. The van der Waals surface area contributed by atoms with Crippen LogP contribution in [-0.2, 0) is 0 Å². The first-order chi connectivity index (χ1) is 9.16. The van der Waals surface area contributed by atoms with E-state index in [2.05, 4.69) is 15.1 Å². The number of rotatable bonds is 2. The number of nitrogens with zero attached hydrogens (tertiary/aromatic N) is 3. The minimum Gasteiger partial charge on any atom is -0.397 e. The average Bonchev–Trinajstić information content (AvgIpc) is 2.99. The van der Waals surface area contributed by atoms with Gasteiger partial charge in [-0.05, 0) is 30.0 Å². The van der Waals surface area contributed by atoms with E-state index in [-0.39, 0.29) is 0 Å². The fourth-order valence-corrected chi connectivity index (χ4v) is 2.68. The zero-order chi connectivity index (χ0) is 13.4. The van der Waals surface area contributed by atoms with Crippen LogP contribution in [0.2, 0.25) is 5.02 Å². The number of thiophene rings is 1. The van der Waals surface area contributed by atoms with Crippen LogP contribution < -0.4 is 5.73 Å². The third-order valence-corrected chi connectivity index (χ3v) is 4.02. The molecule has 0 fully saturated rings. The van der Waals surface area contributed by atoms with Crippen molar-refractivity contribution in [1.82, 2.24) is 15.1 Å². The first kappa shape index (κ1) is 12.1. The van der Waals surface area contributed by atoms with Crippen molar-refractivity contribution >= 4 is 28.6 Å². The molecule has 2 N–H and O–H groups in total. The van der Waals surface area contributed by atoms with Gasteiger partial charge < -0.3 is 10.3 Å². The van der Waals surface area contributed by atoms with Gasteiger partial charge in [0.05, 0.1) is 10.7 Å². The number of aryl methyl sites for hydroxylation is 1. The molecule has 5 nitrogen and oxygen atoms in total. The number of pyridine rings is 1. The van der Waals surface area contributed by atoms with E-state index in [4.69, 9.17) is 21.9 Å². The van der Waals surface area contributed by atoms with Crippen LogP contribution in [0.4, 0.5) is 5.69 Å². The van der Waals surface area contributed by atoms with E-state index in [0.29, 0.717) is 28.1 Å². The van der Waals surface area contributed by atoms with E-state index in [0.717, 1.165) is 10.4 Å². The maximum Gasteiger partial charge on any atom is 0.270 e. The summed E-state index contributed by atoms with van der Waals surface area (Å²) < 4.78 is 5.22. The summed E-state index contributed by atoms with van der Waals surface area (Å²) in [6.07, 6.45) is 1.63. The van der Waals surface area contributed by atoms with Gasteiger partial charge in [-0.25, -0.2) is 0 Å². The lowest BCUT2D eigenvalue weighted by Crippen LogP contribution is -1.88. The molecule has 0 aliphatic carbocycles. The smallest absolute Gasteiger partial charge is 0.270 e. The van der Waals surface area contributed by atoms with Gasteiger partial charge in [-0.1, -0.05) is 16.8 Å². The minimum absolute atomic E-state index is 0.353. The molecule has 0 bridgehead atoms. The van der Waals surface area contributed by atoms with Crippen LogP contribution in [0.15, 0.2) is 28.2 Å². The molecule has 3 heterocycles. The molecule has 3 aromatic heterocycles. The van der Waals surface area contributed by atoms with Gasteiger partial charge >= 0.3 is 0 Å². The number of hydrogen-bond acceptors (Lipinski definition) is 6. The number of aromatic nitrogens is 3. The highest BCUT2D eigenvalue weighted by atomic mass is 35.5. The fraction of sp³-hybridized carbons (Fsp3) is 0.0833. The highest BCUT2D eigenvalue weighted by Crippen LogP contribution is 2.34. The molecule has 19 heavy (non-hydrogen) atoms. The summed E-state index contributed by atoms with van der Waals surface area (Å²) in [5.41, 5.74) is 8.10. The molecule has 0 aromatic carbocycles. The summed E-state index contributed by atoms with van der Waals surface area (Å²) in [6, 6.07) is 3.47. The highest BCUT2D eigenvalue weighted by Gasteiger charge is 2.17. The summed E-state index contributed by atoms with van der Waals surface area (Å²) in [7, 11) is 0. The zero-order valence-corrected chi connectivity index (χ0v) is 11.5. The summed E-state index contributed by atoms with van der Waals surface area (Å²) in [6.45, 7) is 1.93. The first-order valence-corrected chi connectivity index (χ1v) is 6.71. The second kappa shape index (κ2) is 4.64.